The topological polar surface area (TPSA) is 87.2 Å². The number of hydrogen-bond donors (Lipinski definition) is 0. The summed E-state index contributed by atoms with van der Waals surface area (Å²) in [6.07, 6.45) is 3.64. The summed E-state index contributed by atoms with van der Waals surface area (Å²) in [5.41, 5.74) is -0.672. The molecule has 0 spiro atoms. The number of carbonyl (C=O) groups excluding carboxylic acids is 4. The number of ether oxygens (including phenoxy) is 1. The minimum Gasteiger partial charge on any atom is -0.452 e. The fourth-order valence-electron chi connectivity index (χ4n) is 5.68. The zero-order chi connectivity index (χ0) is 23.4. The average Bonchev–Trinajstić information content (AvgIpc) is 3.22. The standard InChI is InChI=1S/C25H25N3O5S/c29-21-11-12-25(27(16-9-10-16)23(31)17-5-1-2-6-18(17)28(21)25)24(32)33-15-22(30)26-13-3-7-19(26)20-8-4-14-34-20/h1-2,4-6,8,14,16,19H,3,7,9-13,15H2. The lowest BCUT2D eigenvalue weighted by Crippen LogP contribution is -2.69. The molecule has 2 unspecified atom stereocenters. The van der Waals surface area contributed by atoms with Gasteiger partial charge in [-0.15, -0.1) is 11.3 Å². The van der Waals surface area contributed by atoms with Gasteiger partial charge in [0.2, 0.25) is 11.6 Å². The SMILES string of the molecule is O=C(COC(=O)C12CCC(=O)N1c1ccccc1C(=O)N2C1CC1)N1CCCC1c1cccs1. The summed E-state index contributed by atoms with van der Waals surface area (Å²) >= 11 is 1.61. The zero-order valence-electron chi connectivity index (χ0n) is 18.6. The summed E-state index contributed by atoms with van der Waals surface area (Å²) in [6, 6.07) is 10.8. The Bertz CT molecular complexity index is 1180. The zero-order valence-corrected chi connectivity index (χ0v) is 19.5. The minimum absolute atomic E-state index is 0.0000184. The summed E-state index contributed by atoms with van der Waals surface area (Å²) in [6.45, 7) is 0.216. The van der Waals surface area contributed by atoms with Crippen molar-refractivity contribution in [3.63, 3.8) is 0 Å². The first-order chi connectivity index (χ1) is 16.5. The second kappa shape index (κ2) is 7.94. The van der Waals surface area contributed by atoms with E-state index in [-0.39, 0.29) is 42.6 Å². The highest BCUT2D eigenvalue weighted by Gasteiger charge is 2.64. The van der Waals surface area contributed by atoms with Crippen LogP contribution in [0.1, 0.15) is 59.8 Å². The molecule has 2 aromatic rings. The minimum atomic E-state index is -1.53. The first-order valence-corrected chi connectivity index (χ1v) is 12.7. The van der Waals surface area contributed by atoms with Crippen molar-refractivity contribution in [1.29, 1.82) is 0 Å². The summed E-state index contributed by atoms with van der Waals surface area (Å²) in [4.78, 5) is 59.2. The molecule has 4 heterocycles. The van der Waals surface area contributed by atoms with Gasteiger partial charge in [-0.25, -0.2) is 4.79 Å². The van der Waals surface area contributed by atoms with Crippen molar-refractivity contribution in [3.05, 3.63) is 52.2 Å². The van der Waals surface area contributed by atoms with Gasteiger partial charge in [-0.1, -0.05) is 18.2 Å². The van der Waals surface area contributed by atoms with Gasteiger partial charge in [0.25, 0.3) is 11.8 Å². The molecule has 0 radical (unpaired) electrons. The summed E-state index contributed by atoms with van der Waals surface area (Å²) < 4.78 is 5.63. The van der Waals surface area contributed by atoms with Gasteiger partial charge in [0, 0.05) is 30.3 Å². The molecular weight excluding hydrogens is 454 g/mol. The van der Waals surface area contributed by atoms with Gasteiger partial charge in [-0.05, 0) is 49.3 Å². The Labute approximate surface area is 201 Å². The van der Waals surface area contributed by atoms with Crippen LogP contribution in [0.2, 0.25) is 0 Å². The van der Waals surface area contributed by atoms with Gasteiger partial charge in [-0.3, -0.25) is 19.3 Å². The van der Waals surface area contributed by atoms with Crippen LogP contribution in [0.15, 0.2) is 41.8 Å². The van der Waals surface area contributed by atoms with Crippen molar-refractivity contribution < 1.29 is 23.9 Å². The van der Waals surface area contributed by atoms with Crippen LogP contribution in [-0.4, -0.2) is 58.3 Å². The third kappa shape index (κ3) is 3.10. The summed E-state index contributed by atoms with van der Waals surface area (Å²) in [5.74, 6) is -1.43. The van der Waals surface area contributed by atoms with Gasteiger partial charge in [0.15, 0.2) is 6.61 Å². The number of fused-ring (bicyclic) bond motifs is 3. The van der Waals surface area contributed by atoms with Crippen molar-refractivity contribution in [2.45, 2.75) is 56.3 Å². The van der Waals surface area contributed by atoms with Gasteiger partial charge in [0.1, 0.15) is 0 Å². The van der Waals surface area contributed by atoms with Gasteiger partial charge >= 0.3 is 5.97 Å². The number of likely N-dealkylation sites (tertiary alicyclic amines) is 1. The van der Waals surface area contributed by atoms with Gasteiger partial charge < -0.3 is 14.5 Å². The fourth-order valence-corrected chi connectivity index (χ4v) is 6.55. The predicted octanol–water partition coefficient (Wildman–Crippen LogP) is 3.10. The van der Waals surface area contributed by atoms with Crippen molar-refractivity contribution in [1.82, 2.24) is 9.80 Å². The predicted molar refractivity (Wildman–Crippen MR) is 124 cm³/mol. The second-order valence-corrected chi connectivity index (χ2v) is 10.3. The van der Waals surface area contributed by atoms with E-state index in [1.54, 1.807) is 45.4 Å². The average molecular weight is 480 g/mol. The molecule has 1 aromatic heterocycles. The van der Waals surface area contributed by atoms with E-state index < -0.39 is 18.2 Å². The number of rotatable bonds is 5. The Morgan fingerprint density at radius 2 is 1.91 bits per heavy atom. The van der Waals surface area contributed by atoms with Crippen LogP contribution in [0, 0.1) is 0 Å². The number of carbonyl (C=O) groups is 4. The third-order valence-electron chi connectivity index (χ3n) is 7.31. The van der Waals surface area contributed by atoms with E-state index in [1.165, 1.54) is 4.90 Å². The molecule has 3 amide bonds. The largest absolute Gasteiger partial charge is 0.452 e. The summed E-state index contributed by atoms with van der Waals surface area (Å²) in [7, 11) is 0. The first-order valence-electron chi connectivity index (χ1n) is 11.8. The smallest absolute Gasteiger partial charge is 0.354 e. The Morgan fingerprint density at radius 1 is 1.09 bits per heavy atom. The maximum absolute atomic E-state index is 13.7. The Balaban J connectivity index is 1.28. The number of benzene rings is 1. The molecule has 0 bridgehead atoms. The lowest BCUT2D eigenvalue weighted by atomic mass is 9.96. The van der Waals surface area contributed by atoms with Crippen LogP contribution in [0.25, 0.3) is 0 Å². The molecule has 8 nitrogen and oxygen atoms in total. The Kier molecular flexibility index (Phi) is 4.98. The number of amides is 3. The molecule has 6 rings (SSSR count). The highest BCUT2D eigenvalue weighted by atomic mass is 32.1. The normalized spacial score (nSPS) is 26.0. The first kappa shape index (κ1) is 21.3. The van der Waals surface area contributed by atoms with Crippen molar-refractivity contribution >= 4 is 40.7 Å². The highest BCUT2D eigenvalue weighted by Crippen LogP contribution is 2.49. The van der Waals surface area contributed by atoms with E-state index in [4.69, 9.17) is 4.74 Å². The Morgan fingerprint density at radius 3 is 2.68 bits per heavy atom. The number of anilines is 1. The molecule has 0 N–H and O–H groups in total. The fraction of sp³-hybridized carbons (Fsp3) is 0.440. The van der Waals surface area contributed by atoms with E-state index in [0.29, 0.717) is 17.8 Å². The molecule has 9 heteroatoms. The van der Waals surface area contributed by atoms with Crippen molar-refractivity contribution in [2.24, 2.45) is 0 Å². The number of nitrogens with zero attached hydrogens (tertiary/aromatic N) is 3. The maximum atomic E-state index is 13.7. The molecule has 3 fully saturated rings. The molecular formula is C25H25N3O5S. The van der Waals surface area contributed by atoms with E-state index >= 15 is 0 Å². The maximum Gasteiger partial charge on any atom is 0.354 e. The van der Waals surface area contributed by atoms with E-state index in [9.17, 15) is 19.2 Å². The van der Waals surface area contributed by atoms with E-state index in [2.05, 4.69) is 0 Å². The third-order valence-corrected chi connectivity index (χ3v) is 8.28. The molecule has 1 aliphatic carbocycles. The van der Waals surface area contributed by atoms with Gasteiger partial charge in [-0.2, -0.15) is 0 Å². The molecule has 2 atom stereocenters. The lowest BCUT2D eigenvalue weighted by molar-refractivity contribution is -0.162. The van der Waals surface area contributed by atoms with E-state index in [0.717, 1.165) is 30.6 Å². The molecule has 1 saturated carbocycles. The van der Waals surface area contributed by atoms with Crippen LogP contribution in [0.5, 0.6) is 0 Å². The molecule has 2 saturated heterocycles. The molecule has 4 aliphatic rings. The Hall–Kier alpha value is -3.20. The van der Waals surface area contributed by atoms with Crippen molar-refractivity contribution in [3.8, 4) is 0 Å². The second-order valence-electron chi connectivity index (χ2n) is 9.31. The van der Waals surface area contributed by atoms with Crippen molar-refractivity contribution in [2.75, 3.05) is 18.1 Å². The van der Waals surface area contributed by atoms with Crippen LogP contribution < -0.4 is 4.90 Å². The van der Waals surface area contributed by atoms with Crippen LogP contribution in [0.4, 0.5) is 5.69 Å². The number of hydrogen-bond acceptors (Lipinski definition) is 6. The molecule has 1 aromatic carbocycles. The quantitative estimate of drug-likeness (QED) is 0.615. The van der Waals surface area contributed by atoms with Crippen LogP contribution >= 0.6 is 11.3 Å². The number of thiophene rings is 1. The van der Waals surface area contributed by atoms with E-state index in [1.807, 2.05) is 17.5 Å². The van der Waals surface area contributed by atoms with Crippen LogP contribution in [-0.2, 0) is 19.1 Å². The lowest BCUT2D eigenvalue weighted by Gasteiger charge is -2.48. The van der Waals surface area contributed by atoms with Gasteiger partial charge in [0.05, 0.1) is 17.3 Å². The molecule has 176 valence electrons. The molecule has 3 aliphatic heterocycles. The summed E-state index contributed by atoms with van der Waals surface area (Å²) in [5, 5.41) is 1.99. The highest BCUT2D eigenvalue weighted by molar-refractivity contribution is 7.10. The number of para-hydroxylation sites is 1. The monoisotopic (exact) mass is 479 g/mol. The number of esters is 1. The molecule has 34 heavy (non-hydrogen) atoms. The van der Waals surface area contributed by atoms with Crippen LogP contribution in [0.3, 0.4) is 0 Å².